The fourth-order valence-electron chi connectivity index (χ4n) is 4.09. The molecule has 5 nitrogen and oxygen atoms in total. The van der Waals surface area contributed by atoms with E-state index in [0.29, 0.717) is 16.8 Å². The highest BCUT2D eigenvalue weighted by atomic mass is 32.1. The molecule has 1 N–H and O–H groups in total. The summed E-state index contributed by atoms with van der Waals surface area (Å²) < 4.78 is 0. The van der Waals surface area contributed by atoms with Crippen LogP contribution in [0.3, 0.4) is 0 Å². The molecule has 5 rings (SSSR count). The minimum absolute atomic E-state index is 0.0539. The topological polar surface area (TPSA) is 81.4 Å². The molecule has 1 saturated heterocycles. The third-order valence-corrected chi connectivity index (χ3v) is 6.50. The van der Waals surface area contributed by atoms with Gasteiger partial charge in [-0.15, -0.1) is 11.3 Å². The molecule has 1 aliphatic rings. The number of nitrogens with zero attached hydrogens (tertiary/aromatic N) is 2. The lowest BCUT2D eigenvalue weighted by molar-refractivity contribution is -0.132. The number of nitriles is 1. The van der Waals surface area contributed by atoms with Crippen molar-refractivity contribution >= 4 is 45.2 Å². The number of aliphatic hydroxyl groups excluding tert-OH is 1. The van der Waals surface area contributed by atoms with Crippen LogP contribution in [0.1, 0.15) is 22.0 Å². The van der Waals surface area contributed by atoms with Crippen molar-refractivity contribution in [3.63, 3.8) is 0 Å². The summed E-state index contributed by atoms with van der Waals surface area (Å²) >= 11 is 1.41. The Kier molecular flexibility index (Phi) is 4.81. The number of hydrogen-bond donors (Lipinski definition) is 1. The summed E-state index contributed by atoms with van der Waals surface area (Å²) in [6, 6.07) is 24.5. The maximum Gasteiger partial charge on any atom is 0.300 e. The average Bonchev–Trinajstić information content (AvgIpc) is 3.45. The van der Waals surface area contributed by atoms with Gasteiger partial charge in [-0.25, -0.2) is 0 Å². The maximum absolute atomic E-state index is 13.2. The van der Waals surface area contributed by atoms with Gasteiger partial charge < -0.3 is 5.11 Å². The van der Waals surface area contributed by atoms with Crippen molar-refractivity contribution in [3.05, 3.63) is 106 Å². The first-order valence-electron chi connectivity index (χ1n) is 9.93. The molecule has 6 heteroatoms. The van der Waals surface area contributed by atoms with Crippen LogP contribution < -0.4 is 4.90 Å². The number of hydrogen-bond acceptors (Lipinski definition) is 5. The molecule has 4 aromatic rings. The molecule has 1 amide bonds. The molecule has 1 aliphatic heterocycles. The van der Waals surface area contributed by atoms with E-state index in [1.807, 2.05) is 53.9 Å². The lowest BCUT2D eigenvalue weighted by Gasteiger charge is -2.24. The van der Waals surface area contributed by atoms with Gasteiger partial charge in [0, 0.05) is 16.1 Å². The first-order chi connectivity index (χ1) is 15.6. The van der Waals surface area contributed by atoms with Gasteiger partial charge in [0.2, 0.25) is 0 Å². The van der Waals surface area contributed by atoms with Gasteiger partial charge in [0.1, 0.15) is 11.8 Å². The summed E-state index contributed by atoms with van der Waals surface area (Å²) in [7, 11) is 0. The molecular formula is C26H16N2O3S. The van der Waals surface area contributed by atoms with Crippen LogP contribution in [0.4, 0.5) is 5.69 Å². The first-order valence-corrected chi connectivity index (χ1v) is 10.8. The average molecular weight is 436 g/mol. The van der Waals surface area contributed by atoms with Gasteiger partial charge in [0.05, 0.1) is 17.2 Å². The first kappa shape index (κ1) is 19.7. The van der Waals surface area contributed by atoms with Crippen molar-refractivity contribution in [2.45, 2.75) is 6.04 Å². The van der Waals surface area contributed by atoms with Crippen LogP contribution in [0.2, 0.25) is 0 Å². The van der Waals surface area contributed by atoms with Crippen LogP contribution in [0.25, 0.3) is 16.5 Å². The molecule has 1 aromatic heterocycles. The highest BCUT2D eigenvalue weighted by molar-refractivity contribution is 7.10. The Morgan fingerprint density at radius 2 is 1.69 bits per heavy atom. The zero-order chi connectivity index (χ0) is 22.2. The number of benzene rings is 3. The summed E-state index contributed by atoms with van der Waals surface area (Å²) in [5.41, 5.74) is 1.50. The molecular weight excluding hydrogens is 420 g/mol. The predicted octanol–water partition coefficient (Wildman–Crippen LogP) is 5.40. The number of amides is 1. The second-order valence-corrected chi connectivity index (χ2v) is 8.35. The minimum Gasteiger partial charge on any atom is -0.507 e. The van der Waals surface area contributed by atoms with E-state index in [1.165, 1.54) is 16.2 Å². The van der Waals surface area contributed by atoms with E-state index in [9.17, 15) is 14.7 Å². The van der Waals surface area contributed by atoms with Crippen LogP contribution in [-0.4, -0.2) is 16.8 Å². The van der Waals surface area contributed by atoms with Crippen LogP contribution >= 0.6 is 11.3 Å². The number of Topliss-reactive ketones (excluding diaryl/α,β-unsaturated/α-hetero) is 1. The molecule has 1 unspecified atom stereocenters. The van der Waals surface area contributed by atoms with Crippen molar-refractivity contribution in [3.8, 4) is 6.07 Å². The largest absolute Gasteiger partial charge is 0.507 e. The van der Waals surface area contributed by atoms with E-state index in [-0.39, 0.29) is 11.3 Å². The maximum atomic E-state index is 13.2. The van der Waals surface area contributed by atoms with Crippen molar-refractivity contribution in [1.82, 2.24) is 0 Å². The number of thiophene rings is 1. The molecule has 0 bridgehead atoms. The Bertz CT molecular complexity index is 1420. The third kappa shape index (κ3) is 3.08. The van der Waals surface area contributed by atoms with Crippen molar-refractivity contribution < 1.29 is 14.7 Å². The fourth-order valence-corrected chi connectivity index (χ4v) is 4.91. The fraction of sp³-hybridized carbons (Fsp3) is 0.0385. The highest BCUT2D eigenvalue weighted by Crippen LogP contribution is 2.44. The third-order valence-electron chi connectivity index (χ3n) is 5.58. The van der Waals surface area contributed by atoms with Gasteiger partial charge in [-0.2, -0.15) is 5.26 Å². The molecule has 0 spiro atoms. The Morgan fingerprint density at radius 1 is 0.938 bits per heavy atom. The molecule has 32 heavy (non-hydrogen) atoms. The minimum atomic E-state index is -0.762. The molecule has 154 valence electrons. The second kappa shape index (κ2) is 7.80. The number of anilines is 1. The van der Waals surface area contributed by atoms with E-state index in [1.54, 1.807) is 30.3 Å². The van der Waals surface area contributed by atoms with Crippen molar-refractivity contribution in [1.29, 1.82) is 5.26 Å². The second-order valence-electron chi connectivity index (χ2n) is 7.37. The lowest BCUT2D eigenvalue weighted by Crippen LogP contribution is -2.29. The van der Waals surface area contributed by atoms with E-state index in [2.05, 4.69) is 6.07 Å². The Balaban J connectivity index is 1.74. The normalized spacial score (nSPS) is 17.6. The molecule has 3 aromatic carbocycles. The van der Waals surface area contributed by atoms with Gasteiger partial charge in [0.25, 0.3) is 11.7 Å². The van der Waals surface area contributed by atoms with Gasteiger partial charge in [-0.3, -0.25) is 14.5 Å². The number of ketones is 1. The number of carbonyl (C=O) groups is 2. The molecule has 2 heterocycles. The van der Waals surface area contributed by atoms with Gasteiger partial charge >= 0.3 is 0 Å². The zero-order valence-electron chi connectivity index (χ0n) is 16.7. The monoisotopic (exact) mass is 436 g/mol. The van der Waals surface area contributed by atoms with E-state index in [0.717, 1.165) is 15.6 Å². The Labute approximate surface area is 188 Å². The number of aliphatic hydroxyl groups is 1. The highest BCUT2D eigenvalue weighted by Gasteiger charge is 2.47. The summed E-state index contributed by atoms with van der Waals surface area (Å²) in [6.07, 6.45) is 0. The SMILES string of the molecule is N#Cc1ccc(N2C(=O)C(=O)/C(=C(\O)c3cccc4ccccc34)C2c2cccs2)cc1. The quantitative estimate of drug-likeness (QED) is 0.265. The standard InChI is InChI=1S/C26H16N2O3S/c27-15-16-10-12-18(13-11-16)28-23(21-9-4-14-32-21)22(25(30)26(28)31)24(29)20-8-3-6-17-5-1-2-7-19(17)20/h1-14,23,29H/b24-22-. The van der Waals surface area contributed by atoms with Gasteiger partial charge in [-0.1, -0.05) is 48.5 Å². The summed E-state index contributed by atoms with van der Waals surface area (Å²) in [5.74, 6) is -1.65. The molecule has 0 radical (unpaired) electrons. The van der Waals surface area contributed by atoms with Crippen LogP contribution in [-0.2, 0) is 9.59 Å². The van der Waals surface area contributed by atoms with E-state index >= 15 is 0 Å². The van der Waals surface area contributed by atoms with Gasteiger partial charge in [0.15, 0.2) is 0 Å². The van der Waals surface area contributed by atoms with Crippen molar-refractivity contribution in [2.24, 2.45) is 0 Å². The molecule has 0 aliphatic carbocycles. The number of carbonyl (C=O) groups excluding carboxylic acids is 2. The number of rotatable bonds is 3. The molecule has 1 atom stereocenters. The summed E-state index contributed by atoms with van der Waals surface area (Å²) in [4.78, 5) is 28.5. The van der Waals surface area contributed by atoms with Gasteiger partial charge in [-0.05, 0) is 46.5 Å². The Hall–Kier alpha value is -4.21. The lowest BCUT2D eigenvalue weighted by atomic mass is 9.96. The van der Waals surface area contributed by atoms with Crippen LogP contribution in [0.15, 0.2) is 89.8 Å². The summed E-state index contributed by atoms with van der Waals surface area (Å²) in [6.45, 7) is 0. The summed E-state index contributed by atoms with van der Waals surface area (Å²) in [5, 5.41) is 24.0. The molecule has 1 fully saturated rings. The Morgan fingerprint density at radius 3 is 2.41 bits per heavy atom. The van der Waals surface area contributed by atoms with Crippen LogP contribution in [0, 0.1) is 11.3 Å². The molecule has 0 saturated carbocycles. The smallest absolute Gasteiger partial charge is 0.300 e. The van der Waals surface area contributed by atoms with E-state index < -0.39 is 17.7 Å². The van der Waals surface area contributed by atoms with Crippen molar-refractivity contribution in [2.75, 3.05) is 4.90 Å². The van der Waals surface area contributed by atoms with E-state index in [4.69, 9.17) is 5.26 Å². The number of fused-ring (bicyclic) bond motifs is 1. The predicted molar refractivity (Wildman–Crippen MR) is 124 cm³/mol. The van der Waals surface area contributed by atoms with Crippen LogP contribution in [0.5, 0.6) is 0 Å². The zero-order valence-corrected chi connectivity index (χ0v) is 17.5.